The number of benzene rings is 1. The number of thiazole rings is 1. The minimum Gasteiger partial charge on any atom is -0.388 e. The lowest BCUT2D eigenvalue weighted by molar-refractivity contribution is -0.0202. The summed E-state index contributed by atoms with van der Waals surface area (Å²) in [4.78, 5) is 23.6. The number of rotatable bonds is 4. The van der Waals surface area contributed by atoms with E-state index in [1.165, 1.54) is 12.1 Å². The molecule has 1 amide bonds. The molecular formula is C21H23FN4O2S. The molecule has 0 spiro atoms. The second kappa shape index (κ2) is 6.81. The van der Waals surface area contributed by atoms with E-state index < -0.39 is 5.60 Å². The number of aryl methyl sites for hydroxylation is 1. The first kappa shape index (κ1) is 18.6. The van der Waals surface area contributed by atoms with Gasteiger partial charge in [0.05, 0.1) is 17.8 Å². The van der Waals surface area contributed by atoms with Gasteiger partial charge >= 0.3 is 0 Å². The molecule has 1 saturated carbocycles. The first-order chi connectivity index (χ1) is 13.9. The molecule has 0 unspecified atom stereocenters. The van der Waals surface area contributed by atoms with E-state index in [0.29, 0.717) is 37.3 Å². The molecule has 2 aliphatic rings. The van der Waals surface area contributed by atoms with Crippen molar-refractivity contribution in [2.45, 2.75) is 44.8 Å². The largest absolute Gasteiger partial charge is 0.388 e. The Kier molecular flexibility index (Phi) is 4.36. The summed E-state index contributed by atoms with van der Waals surface area (Å²) in [6.45, 7) is 3.47. The quantitative estimate of drug-likeness (QED) is 0.609. The Morgan fingerprint density at radius 3 is 3.00 bits per heavy atom. The number of carbonyl (C=O) groups excluding carboxylic acids is 1. The van der Waals surface area contributed by atoms with Gasteiger partial charge in [-0.3, -0.25) is 4.79 Å². The van der Waals surface area contributed by atoms with Crippen molar-refractivity contribution in [2.75, 3.05) is 18.4 Å². The topological polar surface area (TPSA) is 81.2 Å². The summed E-state index contributed by atoms with van der Waals surface area (Å²) < 4.78 is 13.7. The van der Waals surface area contributed by atoms with Gasteiger partial charge in [-0.15, -0.1) is 0 Å². The van der Waals surface area contributed by atoms with Gasteiger partial charge in [-0.2, -0.15) is 0 Å². The first-order valence-electron chi connectivity index (χ1n) is 9.93. The van der Waals surface area contributed by atoms with Crippen LogP contribution in [-0.2, 0) is 13.0 Å². The molecule has 0 bridgehead atoms. The highest BCUT2D eigenvalue weighted by molar-refractivity contribution is 7.15. The lowest BCUT2D eigenvalue weighted by Crippen LogP contribution is -2.43. The second-order valence-corrected chi connectivity index (χ2v) is 9.25. The monoisotopic (exact) mass is 414 g/mol. The number of halogens is 1. The second-order valence-electron chi connectivity index (χ2n) is 8.16. The fourth-order valence-corrected chi connectivity index (χ4v) is 5.13. The lowest BCUT2D eigenvalue weighted by atomic mass is 9.80. The summed E-state index contributed by atoms with van der Waals surface area (Å²) in [5, 5.41) is 15.2. The van der Waals surface area contributed by atoms with Gasteiger partial charge in [0.15, 0.2) is 5.13 Å². The Hall–Kier alpha value is -2.45. The molecule has 1 aromatic carbocycles. The van der Waals surface area contributed by atoms with Crippen LogP contribution in [0.15, 0.2) is 18.2 Å². The Balaban J connectivity index is 1.31. The van der Waals surface area contributed by atoms with Crippen LogP contribution in [0.25, 0.3) is 10.9 Å². The third-order valence-electron chi connectivity index (χ3n) is 6.01. The van der Waals surface area contributed by atoms with Crippen molar-refractivity contribution in [1.29, 1.82) is 0 Å². The maximum atomic E-state index is 13.7. The van der Waals surface area contributed by atoms with Crippen LogP contribution in [0.2, 0.25) is 0 Å². The van der Waals surface area contributed by atoms with Crippen molar-refractivity contribution < 1.29 is 14.3 Å². The molecule has 2 aromatic heterocycles. The summed E-state index contributed by atoms with van der Waals surface area (Å²) in [5.74, 6) is -0.395. The van der Waals surface area contributed by atoms with E-state index in [1.807, 2.05) is 6.92 Å². The standard InChI is InChI=1S/C21H23FN4O2S/c1-12-7-13(22)8-16-14(12)9-17(24-16)19(27)26-6-3-15-18(10-26)29-20(25-15)23-11-21(28)4-2-5-21/h7-9,24,28H,2-6,10-11H2,1H3,(H,23,25). The number of H-pyrrole nitrogens is 1. The van der Waals surface area contributed by atoms with Crippen LogP contribution in [0, 0.1) is 12.7 Å². The van der Waals surface area contributed by atoms with Crippen LogP contribution >= 0.6 is 11.3 Å². The van der Waals surface area contributed by atoms with E-state index in [4.69, 9.17) is 0 Å². The van der Waals surface area contributed by atoms with Gasteiger partial charge in [0.1, 0.15) is 11.5 Å². The lowest BCUT2D eigenvalue weighted by Gasteiger charge is -2.36. The number of aromatic amines is 1. The van der Waals surface area contributed by atoms with Crippen molar-refractivity contribution in [3.8, 4) is 0 Å². The number of nitrogens with one attached hydrogen (secondary N) is 2. The number of fused-ring (bicyclic) bond motifs is 2. The normalized spacial score (nSPS) is 17.8. The van der Waals surface area contributed by atoms with Crippen LogP contribution in [0.5, 0.6) is 0 Å². The van der Waals surface area contributed by atoms with Crippen molar-refractivity contribution >= 4 is 33.3 Å². The fraction of sp³-hybridized carbons (Fsp3) is 0.429. The highest BCUT2D eigenvalue weighted by Crippen LogP contribution is 2.34. The Morgan fingerprint density at radius 2 is 2.24 bits per heavy atom. The number of hydrogen-bond donors (Lipinski definition) is 3. The molecule has 0 atom stereocenters. The number of nitrogens with zero attached hydrogens (tertiary/aromatic N) is 2. The van der Waals surface area contributed by atoms with E-state index in [1.54, 1.807) is 22.3 Å². The van der Waals surface area contributed by atoms with Gasteiger partial charge in [0.2, 0.25) is 0 Å². The Labute approximate surface area is 171 Å². The zero-order valence-corrected chi connectivity index (χ0v) is 17.0. The van der Waals surface area contributed by atoms with Crippen LogP contribution < -0.4 is 5.32 Å². The summed E-state index contributed by atoms with van der Waals surface area (Å²) in [6, 6.07) is 4.70. The van der Waals surface area contributed by atoms with Crippen molar-refractivity contribution in [3.63, 3.8) is 0 Å². The number of aromatic nitrogens is 2. The van der Waals surface area contributed by atoms with Gasteiger partial charge in [0, 0.05) is 35.3 Å². The average molecular weight is 415 g/mol. The van der Waals surface area contributed by atoms with Crippen LogP contribution in [-0.4, -0.2) is 44.6 Å². The number of hydrogen-bond acceptors (Lipinski definition) is 5. The molecule has 8 heteroatoms. The van der Waals surface area contributed by atoms with Crippen molar-refractivity contribution in [2.24, 2.45) is 0 Å². The van der Waals surface area contributed by atoms with E-state index in [2.05, 4.69) is 15.3 Å². The van der Waals surface area contributed by atoms with Gasteiger partial charge in [-0.25, -0.2) is 9.37 Å². The van der Waals surface area contributed by atoms with Crippen LogP contribution in [0.4, 0.5) is 9.52 Å². The summed E-state index contributed by atoms with van der Waals surface area (Å²) in [6.07, 6.45) is 3.45. The molecule has 1 fully saturated rings. The molecule has 0 radical (unpaired) electrons. The molecule has 152 valence electrons. The zero-order valence-electron chi connectivity index (χ0n) is 16.2. The smallest absolute Gasteiger partial charge is 0.270 e. The van der Waals surface area contributed by atoms with E-state index in [-0.39, 0.29) is 11.7 Å². The predicted octanol–water partition coefficient (Wildman–Crippen LogP) is 3.60. The number of anilines is 1. The maximum Gasteiger partial charge on any atom is 0.270 e. The molecule has 1 aliphatic heterocycles. The SMILES string of the molecule is Cc1cc(F)cc2[nH]c(C(=O)N3CCc4nc(NCC5(O)CCC5)sc4C3)cc12. The molecule has 3 aromatic rings. The highest BCUT2D eigenvalue weighted by atomic mass is 32.1. The van der Waals surface area contributed by atoms with Crippen molar-refractivity contribution in [1.82, 2.24) is 14.9 Å². The number of carbonyl (C=O) groups is 1. The van der Waals surface area contributed by atoms with Crippen molar-refractivity contribution in [3.05, 3.63) is 45.8 Å². The molecular weight excluding hydrogens is 391 g/mol. The van der Waals surface area contributed by atoms with Gasteiger partial charge < -0.3 is 20.3 Å². The minimum absolute atomic E-state index is 0.0849. The third kappa shape index (κ3) is 3.40. The van der Waals surface area contributed by atoms with E-state index >= 15 is 0 Å². The first-order valence-corrected chi connectivity index (χ1v) is 10.7. The molecule has 29 heavy (non-hydrogen) atoms. The number of amides is 1. The molecule has 5 rings (SSSR count). The van der Waals surface area contributed by atoms with Gasteiger partial charge in [0.25, 0.3) is 5.91 Å². The third-order valence-corrected chi connectivity index (χ3v) is 7.05. The van der Waals surface area contributed by atoms with Crippen LogP contribution in [0.1, 0.15) is 45.9 Å². The van der Waals surface area contributed by atoms with Gasteiger partial charge in [-0.1, -0.05) is 11.3 Å². The summed E-state index contributed by atoms with van der Waals surface area (Å²) in [7, 11) is 0. The minimum atomic E-state index is -0.596. The Morgan fingerprint density at radius 1 is 1.41 bits per heavy atom. The van der Waals surface area contributed by atoms with E-state index in [9.17, 15) is 14.3 Å². The fourth-order valence-electron chi connectivity index (χ4n) is 4.11. The maximum absolute atomic E-state index is 13.7. The molecule has 3 heterocycles. The van der Waals surface area contributed by atoms with Gasteiger partial charge in [-0.05, 0) is 49.9 Å². The highest BCUT2D eigenvalue weighted by Gasteiger charge is 2.34. The summed E-state index contributed by atoms with van der Waals surface area (Å²) in [5.41, 5.74) is 2.36. The Bertz CT molecular complexity index is 1100. The molecule has 0 saturated heterocycles. The average Bonchev–Trinajstić information content (AvgIpc) is 3.27. The predicted molar refractivity (Wildman–Crippen MR) is 111 cm³/mol. The molecule has 1 aliphatic carbocycles. The molecule has 6 nitrogen and oxygen atoms in total. The zero-order chi connectivity index (χ0) is 20.2. The summed E-state index contributed by atoms with van der Waals surface area (Å²) >= 11 is 1.55. The number of aliphatic hydroxyl groups is 1. The molecule has 3 N–H and O–H groups in total. The van der Waals surface area contributed by atoms with Crippen LogP contribution in [0.3, 0.4) is 0 Å². The van der Waals surface area contributed by atoms with E-state index in [0.717, 1.165) is 45.9 Å².